The third-order valence-electron chi connectivity index (χ3n) is 5.14. The van der Waals surface area contributed by atoms with E-state index in [-0.39, 0.29) is 29.7 Å². The zero-order valence-electron chi connectivity index (χ0n) is 13.5. The lowest BCUT2D eigenvalue weighted by atomic mass is 9.87. The smallest absolute Gasteiger partial charge is 0.251 e. The first kappa shape index (κ1) is 16.4. The van der Waals surface area contributed by atoms with Crippen LogP contribution in [0.4, 0.5) is 4.39 Å². The van der Waals surface area contributed by atoms with Crippen LogP contribution >= 0.6 is 0 Å². The summed E-state index contributed by atoms with van der Waals surface area (Å²) in [5, 5.41) is 10.5. The Morgan fingerprint density at radius 1 is 1.26 bits per heavy atom. The van der Waals surface area contributed by atoms with Crippen molar-refractivity contribution in [3.05, 3.63) is 35.6 Å². The van der Waals surface area contributed by atoms with E-state index in [0.717, 1.165) is 24.8 Å². The van der Waals surface area contributed by atoms with Gasteiger partial charge in [-0.05, 0) is 48.8 Å². The highest BCUT2D eigenvalue weighted by Gasteiger charge is 2.36. The molecule has 2 aliphatic rings. The lowest BCUT2D eigenvalue weighted by Gasteiger charge is -2.36. The standard InChI is InChI=1S/C18H24FNO3/c1-12-8-11-23-17(12)18(22)20-9-6-14(7-10-20)16(21)13-2-4-15(19)5-3-13/h2-5,12,14,16-17,21H,6-11H2,1H3. The van der Waals surface area contributed by atoms with Crippen molar-refractivity contribution in [1.29, 1.82) is 0 Å². The molecule has 1 aromatic carbocycles. The van der Waals surface area contributed by atoms with E-state index in [1.54, 1.807) is 12.1 Å². The van der Waals surface area contributed by atoms with Crippen molar-refractivity contribution >= 4 is 5.91 Å². The first-order valence-electron chi connectivity index (χ1n) is 8.40. The molecule has 23 heavy (non-hydrogen) atoms. The van der Waals surface area contributed by atoms with Crippen molar-refractivity contribution in [2.24, 2.45) is 11.8 Å². The average Bonchev–Trinajstić information content (AvgIpc) is 3.00. The van der Waals surface area contributed by atoms with Crippen molar-refractivity contribution in [1.82, 2.24) is 4.90 Å². The van der Waals surface area contributed by atoms with E-state index in [1.165, 1.54) is 12.1 Å². The van der Waals surface area contributed by atoms with Gasteiger partial charge in [0.05, 0.1) is 6.10 Å². The Bertz CT molecular complexity index is 540. The molecule has 3 atom stereocenters. The fourth-order valence-corrected chi connectivity index (χ4v) is 3.56. The van der Waals surface area contributed by atoms with Crippen LogP contribution in [0, 0.1) is 17.7 Å². The Labute approximate surface area is 136 Å². The average molecular weight is 321 g/mol. The molecule has 0 spiro atoms. The van der Waals surface area contributed by atoms with Gasteiger partial charge in [-0.25, -0.2) is 4.39 Å². The quantitative estimate of drug-likeness (QED) is 0.931. The normalized spacial score (nSPS) is 27.2. The molecule has 2 aliphatic heterocycles. The van der Waals surface area contributed by atoms with Gasteiger partial charge in [0.2, 0.25) is 0 Å². The minimum Gasteiger partial charge on any atom is -0.388 e. The van der Waals surface area contributed by atoms with Gasteiger partial charge < -0.3 is 14.7 Å². The zero-order chi connectivity index (χ0) is 16.4. The van der Waals surface area contributed by atoms with Crippen molar-refractivity contribution in [2.45, 2.75) is 38.4 Å². The number of carbonyl (C=O) groups excluding carboxylic acids is 1. The van der Waals surface area contributed by atoms with Crippen LogP contribution in [0.2, 0.25) is 0 Å². The number of halogens is 1. The van der Waals surface area contributed by atoms with E-state index >= 15 is 0 Å². The van der Waals surface area contributed by atoms with Crippen LogP contribution in [0.15, 0.2) is 24.3 Å². The fraction of sp³-hybridized carbons (Fsp3) is 0.611. The first-order valence-corrected chi connectivity index (χ1v) is 8.40. The number of rotatable bonds is 3. The maximum Gasteiger partial charge on any atom is 0.251 e. The van der Waals surface area contributed by atoms with Gasteiger partial charge in [0.1, 0.15) is 11.9 Å². The number of ether oxygens (including phenoxy) is 1. The van der Waals surface area contributed by atoms with Crippen LogP contribution in [0.5, 0.6) is 0 Å². The Hall–Kier alpha value is -1.46. The molecule has 0 saturated carbocycles. The molecule has 126 valence electrons. The van der Waals surface area contributed by atoms with Crippen LogP contribution in [0.3, 0.4) is 0 Å². The van der Waals surface area contributed by atoms with Gasteiger partial charge in [-0.15, -0.1) is 0 Å². The predicted octanol–water partition coefficient (Wildman–Crippen LogP) is 2.52. The topological polar surface area (TPSA) is 49.8 Å². The summed E-state index contributed by atoms with van der Waals surface area (Å²) in [4.78, 5) is 14.4. The van der Waals surface area contributed by atoms with Crippen LogP contribution in [-0.4, -0.2) is 41.7 Å². The maximum absolute atomic E-state index is 13.0. The highest BCUT2D eigenvalue weighted by atomic mass is 19.1. The highest BCUT2D eigenvalue weighted by molar-refractivity contribution is 5.81. The minimum atomic E-state index is -0.602. The van der Waals surface area contributed by atoms with Crippen LogP contribution < -0.4 is 0 Å². The number of aliphatic hydroxyl groups is 1. The number of hydrogen-bond acceptors (Lipinski definition) is 3. The molecule has 3 unspecified atom stereocenters. The Balaban J connectivity index is 1.55. The Morgan fingerprint density at radius 3 is 2.48 bits per heavy atom. The molecule has 2 fully saturated rings. The molecule has 1 amide bonds. The largest absolute Gasteiger partial charge is 0.388 e. The third kappa shape index (κ3) is 3.56. The maximum atomic E-state index is 13.0. The minimum absolute atomic E-state index is 0.0877. The van der Waals surface area contributed by atoms with Crippen molar-refractivity contribution in [3.8, 4) is 0 Å². The third-order valence-corrected chi connectivity index (χ3v) is 5.14. The number of hydrogen-bond donors (Lipinski definition) is 1. The number of likely N-dealkylation sites (tertiary alicyclic amines) is 1. The summed E-state index contributed by atoms with van der Waals surface area (Å²) in [5.41, 5.74) is 0.740. The van der Waals surface area contributed by atoms with Gasteiger partial charge in [-0.1, -0.05) is 19.1 Å². The number of nitrogens with zero attached hydrogens (tertiary/aromatic N) is 1. The van der Waals surface area contributed by atoms with E-state index < -0.39 is 6.10 Å². The number of benzene rings is 1. The summed E-state index contributed by atoms with van der Waals surface area (Å²) in [7, 11) is 0. The lowest BCUT2D eigenvalue weighted by Crippen LogP contribution is -2.45. The molecule has 2 heterocycles. The molecule has 0 aliphatic carbocycles. The fourth-order valence-electron chi connectivity index (χ4n) is 3.56. The molecule has 4 nitrogen and oxygen atoms in total. The van der Waals surface area contributed by atoms with Crippen LogP contribution in [-0.2, 0) is 9.53 Å². The summed E-state index contributed by atoms with van der Waals surface area (Å²) in [6.45, 7) is 4.01. The molecule has 1 N–H and O–H groups in total. The summed E-state index contributed by atoms with van der Waals surface area (Å²) in [6, 6.07) is 6.00. The SMILES string of the molecule is CC1CCOC1C(=O)N1CCC(C(O)c2ccc(F)cc2)CC1. The molecule has 5 heteroatoms. The molecular weight excluding hydrogens is 297 g/mol. The predicted molar refractivity (Wildman–Crippen MR) is 84.2 cm³/mol. The molecule has 3 rings (SSSR count). The van der Waals surface area contributed by atoms with Gasteiger partial charge in [0.25, 0.3) is 5.91 Å². The van der Waals surface area contributed by atoms with E-state index in [0.29, 0.717) is 19.7 Å². The Morgan fingerprint density at radius 2 is 1.91 bits per heavy atom. The second-order valence-corrected chi connectivity index (χ2v) is 6.72. The number of carbonyl (C=O) groups is 1. The molecular formula is C18H24FNO3. The number of aliphatic hydroxyl groups excluding tert-OH is 1. The highest BCUT2D eigenvalue weighted by Crippen LogP contribution is 2.32. The van der Waals surface area contributed by atoms with E-state index in [1.807, 2.05) is 4.90 Å². The van der Waals surface area contributed by atoms with E-state index in [9.17, 15) is 14.3 Å². The summed E-state index contributed by atoms with van der Waals surface area (Å²) < 4.78 is 18.5. The van der Waals surface area contributed by atoms with Gasteiger partial charge >= 0.3 is 0 Å². The van der Waals surface area contributed by atoms with Crippen LogP contribution in [0.1, 0.15) is 37.9 Å². The van der Waals surface area contributed by atoms with Crippen molar-refractivity contribution < 1.29 is 19.0 Å². The van der Waals surface area contributed by atoms with Crippen molar-refractivity contribution in [3.63, 3.8) is 0 Å². The second kappa shape index (κ2) is 6.97. The zero-order valence-corrected chi connectivity index (χ0v) is 13.5. The van der Waals surface area contributed by atoms with Gasteiger partial charge in [0, 0.05) is 19.7 Å². The lowest BCUT2D eigenvalue weighted by molar-refractivity contribution is -0.144. The molecule has 2 saturated heterocycles. The van der Waals surface area contributed by atoms with E-state index in [4.69, 9.17) is 4.74 Å². The van der Waals surface area contributed by atoms with Crippen molar-refractivity contribution in [2.75, 3.05) is 19.7 Å². The summed E-state index contributed by atoms with van der Waals surface area (Å²) in [6.07, 6.45) is 1.55. The molecule has 0 bridgehead atoms. The Kier molecular flexibility index (Phi) is 4.97. The second-order valence-electron chi connectivity index (χ2n) is 6.72. The summed E-state index contributed by atoms with van der Waals surface area (Å²) >= 11 is 0. The van der Waals surface area contributed by atoms with Gasteiger partial charge in [-0.2, -0.15) is 0 Å². The first-order chi connectivity index (χ1) is 11.1. The molecule has 0 aromatic heterocycles. The van der Waals surface area contributed by atoms with Crippen LogP contribution in [0.25, 0.3) is 0 Å². The van der Waals surface area contributed by atoms with Gasteiger partial charge in [-0.3, -0.25) is 4.79 Å². The molecule has 0 radical (unpaired) electrons. The number of piperidine rings is 1. The summed E-state index contributed by atoms with van der Waals surface area (Å²) in [5.74, 6) is 0.174. The van der Waals surface area contributed by atoms with Gasteiger partial charge in [0.15, 0.2) is 0 Å². The number of amides is 1. The van der Waals surface area contributed by atoms with E-state index in [2.05, 4.69) is 6.92 Å². The monoisotopic (exact) mass is 321 g/mol. The molecule has 1 aromatic rings.